The molecule has 0 bridgehead atoms. The summed E-state index contributed by atoms with van der Waals surface area (Å²) in [5.74, 6) is 0.684. The Hall–Kier alpha value is -2.43. The van der Waals surface area contributed by atoms with Gasteiger partial charge in [0.25, 0.3) is 0 Å². The Balaban J connectivity index is 1.95. The van der Waals surface area contributed by atoms with Crippen LogP contribution in [0.2, 0.25) is 0 Å². The summed E-state index contributed by atoms with van der Waals surface area (Å²) in [7, 11) is 2.10. The quantitative estimate of drug-likeness (QED) is 0.923. The van der Waals surface area contributed by atoms with Crippen molar-refractivity contribution in [2.45, 2.75) is 13.5 Å². The lowest BCUT2D eigenvalue weighted by atomic mass is 10.1. The predicted molar refractivity (Wildman–Crippen MR) is 86.6 cm³/mol. The molecule has 5 nitrogen and oxygen atoms in total. The monoisotopic (exact) mass is 300 g/mol. The molecule has 1 N–H and O–H groups in total. The lowest BCUT2D eigenvalue weighted by Gasteiger charge is -2.25. The fourth-order valence-corrected chi connectivity index (χ4v) is 3.02. The minimum Gasteiger partial charge on any atom is -0.502 e. The highest BCUT2D eigenvalue weighted by Crippen LogP contribution is 2.33. The van der Waals surface area contributed by atoms with Crippen molar-refractivity contribution in [3.05, 3.63) is 52.6 Å². The van der Waals surface area contributed by atoms with Crippen LogP contribution in [0.3, 0.4) is 0 Å². The van der Waals surface area contributed by atoms with Gasteiger partial charge in [-0.05, 0) is 18.1 Å². The number of hydrogen-bond acceptors (Lipinski definition) is 5. The van der Waals surface area contributed by atoms with Crippen molar-refractivity contribution in [1.82, 2.24) is 0 Å². The van der Waals surface area contributed by atoms with Gasteiger partial charge in [0.2, 0.25) is 5.43 Å². The number of nitrogens with zero attached hydrogens (tertiary/aromatic N) is 2. The standard InChI is InChI=1S/C17H20N2O3/c1-12-8-18(2)14-5-3-4-6-15(14)19(9-12)10-13-7-16(20)17(21)11-22-13/h3-7,11-12,21H,8-10H2,1-2H3. The molecule has 1 aromatic carbocycles. The highest BCUT2D eigenvalue weighted by atomic mass is 16.4. The first-order valence-electron chi connectivity index (χ1n) is 7.40. The molecule has 1 unspecified atom stereocenters. The van der Waals surface area contributed by atoms with E-state index in [4.69, 9.17) is 4.42 Å². The second-order valence-corrected chi connectivity index (χ2v) is 5.95. The zero-order chi connectivity index (χ0) is 15.7. The van der Waals surface area contributed by atoms with Gasteiger partial charge < -0.3 is 19.3 Å². The number of para-hydroxylation sites is 2. The van der Waals surface area contributed by atoms with Gasteiger partial charge >= 0.3 is 0 Å². The van der Waals surface area contributed by atoms with Crippen LogP contribution in [0.4, 0.5) is 11.4 Å². The van der Waals surface area contributed by atoms with Crippen molar-refractivity contribution in [3.63, 3.8) is 0 Å². The molecule has 0 fully saturated rings. The Kier molecular flexibility index (Phi) is 3.79. The summed E-state index contributed by atoms with van der Waals surface area (Å²) >= 11 is 0. The van der Waals surface area contributed by atoms with Crippen molar-refractivity contribution in [3.8, 4) is 5.75 Å². The first-order valence-corrected chi connectivity index (χ1v) is 7.40. The van der Waals surface area contributed by atoms with Gasteiger partial charge in [-0.3, -0.25) is 4.79 Å². The van der Waals surface area contributed by atoms with Crippen molar-refractivity contribution >= 4 is 11.4 Å². The maximum atomic E-state index is 11.6. The predicted octanol–water partition coefficient (Wildman–Crippen LogP) is 2.44. The van der Waals surface area contributed by atoms with Gasteiger partial charge in [-0.15, -0.1) is 0 Å². The number of hydrogen-bond donors (Lipinski definition) is 1. The van der Waals surface area contributed by atoms with Crippen LogP contribution in [0, 0.1) is 5.92 Å². The van der Waals surface area contributed by atoms with Gasteiger partial charge in [-0.2, -0.15) is 0 Å². The van der Waals surface area contributed by atoms with E-state index in [2.05, 4.69) is 35.9 Å². The molecule has 3 rings (SSSR count). The molecular formula is C17H20N2O3. The molecule has 0 radical (unpaired) electrons. The first kappa shape index (κ1) is 14.5. The van der Waals surface area contributed by atoms with Gasteiger partial charge in [0.1, 0.15) is 12.0 Å². The summed E-state index contributed by atoms with van der Waals surface area (Å²) in [6.45, 7) is 4.58. The van der Waals surface area contributed by atoms with Crippen molar-refractivity contribution in [2.75, 3.05) is 29.9 Å². The summed E-state index contributed by atoms with van der Waals surface area (Å²) in [6.07, 6.45) is 1.11. The molecule has 1 atom stereocenters. The molecular weight excluding hydrogens is 280 g/mol. The number of anilines is 2. The third-order valence-electron chi connectivity index (χ3n) is 3.96. The van der Waals surface area contributed by atoms with Crippen LogP contribution in [-0.2, 0) is 6.54 Å². The molecule has 1 aliphatic rings. The van der Waals surface area contributed by atoms with Crippen LogP contribution in [-0.4, -0.2) is 25.2 Å². The van der Waals surface area contributed by atoms with Crippen LogP contribution < -0.4 is 15.2 Å². The van der Waals surface area contributed by atoms with Crippen LogP contribution in [0.25, 0.3) is 0 Å². The highest BCUT2D eigenvalue weighted by molar-refractivity contribution is 5.71. The van der Waals surface area contributed by atoms with Gasteiger partial charge in [-0.1, -0.05) is 19.1 Å². The van der Waals surface area contributed by atoms with Crippen LogP contribution in [0.1, 0.15) is 12.7 Å². The lowest BCUT2D eigenvalue weighted by Crippen LogP contribution is -2.29. The maximum absolute atomic E-state index is 11.6. The molecule has 116 valence electrons. The second kappa shape index (κ2) is 5.75. The number of benzene rings is 1. The number of fused-ring (bicyclic) bond motifs is 1. The van der Waals surface area contributed by atoms with Gasteiger partial charge in [0.15, 0.2) is 5.75 Å². The SMILES string of the molecule is CC1CN(C)c2ccccc2N(Cc2cc(=O)c(O)co2)C1. The molecule has 22 heavy (non-hydrogen) atoms. The fourth-order valence-electron chi connectivity index (χ4n) is 3.02. The zero-order valence-corrected chi connectivity index (χ0v) is 12.8. The number of aromatic hydroxyl groups is 1. The van der Waals surface area contributed by atoms with E-state index < -0.39 is 5.43 Å². The highest BCUT2D eigenvalue weighted by Gasteiger charge is 2.22. The largest absolute Gasteiger partial charge is 0.502 e. The third-order valence-corrected chi connectivity index (χ3v) is 3.96. The smallest absolute Gasteiger partial charge is 0.226 e. The minimum absolute atomic E-state index is 0.354. The summed E-state index contributed by atoms with van der Waals surface area (Å²) in [5.41, 5.74) is 1.90. The molecule has 1 aliphatic heterocycles. The van der Waals surface area contributed by atoms with E-state index in [9.17, 15) is 9.90 Å². The van der Waals surface area contributed by atoms with Crippen LogP contribution >= 0.6 is 0 Å². The molecule has 0 saturated heterocycles. The zero-order valence-electron chi connectivity index (χ0n) is 12.8. The van der Waals surface area contributed by atoms with E-state index in [0.717, 1.165) is 25.0 Å². The maximum Gasteiger partial charge on any atom is 0.226 e. The Morgan fingerprint density at radius 1 is 1.27 bits per heavy atom. The Bertz CT molecular complexity index is 726. The third kappa shape index (κ3) is 2.79. The molecule has 0 saturated carbocycles. The minimum atomic E-state index is -0.408. The molecule has 0 amide bonds. The summed E-state index contributed by atoms with van der Waals surface area (Å²) in [5, 5.41) is 9.30. The first-order chi connectivity index (χ1) is 10.5. The molecule has 2 aromatic rings. The Morgan fingerprint density at radius 3 is 2.73 bits per heavy atom. The Morgan fingerprint density at radius 2 is 2.00 bits per heavy atom. The molecule has 5 heteroatoms. The van der Waals surface area contributed by atoms with E-state index in [1.165, 1.54) is 11.8 Å². The molecule has 2 heterocycles. The molecule has 1 aromatic heterocycles. The topological polar surface area (TPSA) is 56.9 Å². The average Bonchev–Trinajstić information content (AvgIpc) is 2.61. The van der Waals surface area contributed by atoms with E-state index >= 15 is 0 Å². The molecule has 0 spiro atoms. The van der Waals surface area contributed by atoms with Crippen molar-refractivity contribution in [2.24, 2.45) is 5.92 Å². The Labute approximate surface area is 129 Å². The van der Waals surface area contributed by atoms with E-state index in [-0.39, 0.29) is 5.75 Å². The normalized spacial score (nSPS) is 18.0. The van der Waals surface area contributed by atoms with Crippen molar-refractivity contribution in [1.29, 1.82) is 0 Å². The lowest BCUT2D eigenvalue weighted by molar-refractivity contribution is 0.409. The van der Waals surface area contributed by atoms with Crippen LogP contribution in [0.15, 0.2) is 45.8 Å². The van der Waals surface area contributed by atoms with E-state index in [1.807, 2.05) is 12.1 Å². The average molecular weight is 300 g/mol. The summed E-state index contributed by atoms with van der Waals surface area (Å²) in [4.78, 5) is 16.1. The second-order valence-electron chi connectivity index (χ2n) is 5.95. The van der Waals surface area contributed by atoms with Crippen LogP contribution in [0.5, 0.6) is 5.75 Å². The van der Waals surface area contributed by atoms with Crippen molar-refractivity contribution < 1.29 is 9.52 Å². The van der Waals surface area contributed by atoms with Gasteiger partial charge in [0.05, 0.1) is 17.9 Å². The van der Waals surface area contributed by atoms with Gasteiger partial charge in [-0.25, -0.2) is 0 Å². The summed E-state index contributed by atoms with van der Waals surface area (Å²) in [6, 6.07) is 9.60. The van der Waals surface area contributed by atoms with E-state index in [0.29, 0.717) is 18.2 Å². The van der Waals surface area contributed by atoms with E-state index in [1.54, 1.807) is 0 Å². The van der Waals surface area contributed by atoms with Gasteiger partial charge in [0, 0.05) is 26.2 Å². The molecule has 0 aliphatic carbocycles. The summed E-state index contributed by atoms with van der Waals surface area (Å²) < 4.78 is 5.35. The number of rotatable bonds is 2. The fraction of sp³-hybridized carbons (Fsp3) is 0.353.